The number of carbonyl (C=O) groups excluding carboxylic acids is 2. The highest BCUT2D eigenvalue weighted by Crippen LogP contribution is 2.36. The van der Waals surface area contributed by atoms with Gasteiger partial charge in [-0.05, 0) is 31.9 Å². The van der Waals surface area contributed by atoms with E-state index in [0.29, 0.717) is 28.0 Å². The van der Waals surface area contributed by atoms with Gasteiger partial charge in [-0.25, -0.2) is 15.0 Å². The highest BCUT2D eigenvalue weighted by molar-refractivity contribution is 6.03. The molecule has 1 amide bonds. The van der Waals surface area contributed by atoms with Crippen molar-refractivity contribution in [1.29, 1.82) is 0 Å². The lowest BCUT2D eigenvalue weighted by Crippen LogP contribution is -2.14. The Morgan fingerprint density at radius 1 is 1.24 bits per heavy atom. The third kappa shape index (κ3) is 3.72. The number of pyridine rings is 1. The lowest BCUT2D eigenvalue weighted by Gasteiger charge is -2.11. The Bertz CT molecular complexity index is 1150. The van der Waals surface area contributed by atoms with Crippen LogP contribution in [0.5, 0.6) is 0 Å². The normalized spacial score (nSPS) is 14.2. The number of nitrogens with zero attached hydrogens (tertiary/aromatic N) is 4. The number of aromatic nitrogens is 4. The maximum atomic E-state index is 13.9. The van der Waals surface area contributed by atoms with E-state index in [9.17, 15) is 18.4 Å². The van der Waals surface area contributed by atoms with Crippen molar-refractivity contribution < 1.29 is 18.4 Å². The zero-order chi connectivity index (χ0) is 20.9. The van der Waals surface area contributed by atoms with E-state index < -0.39 is 11.7 Å². The molecule has 7 nitrogen and oxygen atoms in total. The Labute approximate surface area is 165 Å². The van der Waals surface area contributed by atoms with Crippen molar-refractivity contribution in [3.63, 3.8) is 0 Å². The average molecular weight is 399 g/mol. The highest BCUT2D eigenvalue weighted by Gasteiger charge is 2.33. The molecule has 0 aliphatic heterocycles. The molecule has 9 heteroatoms. The second-order valence-corrected chi connectivity index (χ2v) is 7.40. The fourth-order valence-electron chi connectivity index (χ4n) is 3.19. The largest absolute Gasteiger partial charge is 0.311 e. The molecule has 0 bridgehead atoms. The van der Waals surface area contributed by atoms with Crippen LogP contribution in [0.1, 0.15) is 43.0 Å². The molecule has 0 saturated heterocycles. The first-order valence-electron chi connectivity index (χ1n) is 9.21. The van der Waals surface area contributed by atoms with E-state index in [1.807, 2.05) is 0 Å². The minimum absolute atomic E-state index is 0.0452. The molecule has 3 heterocycles. The number of fused-ring (bicyclic) bond motifs is 1. The van der Waals surface area contributed by atoms with Gasteiger partial charge in [-0.15, -0.1) is 0 Å². The molecule has 1 fully saturated rings. The minimum atomic E-state index is -3.20. The Morgan fingerprint density at radius 3 is 2.59 bits per heavy atom. The minimum Gasteiger partial charge on any atom is -0.311 e. The third-order valence-electron chi connectivity index (χ3n) is 4.68. The fourth-order valence-corrected chi connectivity index (χ4v) is 3.19. The molecule has 150 valence electrons. The van der Waals surface area contributed by atoms with Crippen LogP contribution in [-0.2, 0) is 10.7 Å². The van der Waals surface area contributed by atoms with Gasteiger partial charge in [0.1, 0.15) is 5.82 Å². The second kappa shape index (κ2) is 6.68. The summed E-state index contributed by atoms with van der Waals surface area (Å²) in [5.41, 5.74) is 1.70. The van der Waals surface area contributed by atoms with Crippen molar-refractivity contribution in [3.05, 3.63) is 36.0 Å². The van der Waals surface area contributed by atoms with Gasteiger partial charge in [-0.3, -0.25) is 14.2 Å². The molecule has 29 heavy (non-hydrogen) atoms. The predicted molar refractivity (Wildman–Crippen MR) is 103 cm³/mol. The molecule has 1 aliphatic carbocycles. The summed E-state index contributed by atoms with van der Waals surface area (Å²) in [5, 5.41) is 3.18. The smallest absolute Gasteiger partial charge is 0.303 e. The summed E-state index contributed by atoms with van der Waals surface area (Å²) >= 11 is 0. The van der Waals surface area contributed by atoms with E-state index in [-0.39, 0.29) is 23.4 Å². The molecule has 0 unspecified atom stereocenters. The molecule has 0 spiro atoms. The Kier molecular flexibility index (Phi) is 4.40. The van der Waals surface area contributed by atoms with Gasteiger partial charge in [0.15, 0.2) is 5.82 Å². The van der Waals surface area contributed by atoms with Crippen LogP contribution in [0.25, 0.3) is 22.2 Å². The first kappa shape index (κ1) is 19.1. The maximum absolute atomic E-state index is 13.9. The van der Waals surface area contributed by atoms with Gasteiger partial charge in [0, 0.05) is 42.6 Å². The molecule has 0 atom stereocenters. The number of rotatable bonds is 4. The molecule has 1 saturated carbocycles. The monoisotopic (exact) mass is 399 g/mol. The van der Waals surface area contributed by atoms with Crippen LogP contribution >= 0.6 is 0 Å². The molecule has 0 aromatic carbocycles. The number of halogens is 2. The number of amides is 1. The highest BCUT2D eigenvalue weighted by atomic mass is 19.3. The molecular weight excluding hydrogens is 380 g/mol. The summed E-state index contributed by atoms with van der Waals surface area (Å²) in [6.45, 7) is 3.71. The lowest BCUT2D eigenvalue weighted by molar-refractivity contribution is -0.114. The summed E-state index contributed by atoms with van der Waals surface area (Å²) in [6.07, 6.45) is 4.74. The van der Waals surface area contributed by atoms with Crippen LogP contribution in [0.15, 0.2) is 24.5 Å². The van der Waals surface area contributed by atoms with Crippen LogP contribution in [-0.4, -0.2) is 31.3 Å². The van der Waals surface area contributed by atoms with Gasteiger partial charge in [-0.2, -0.15) is 8.78 Å². The van der Waals surface area contributed by atoms with Gasteiger partial charge in [-0.1, -0.05) is 0 Å². The molecule has 4 rings (SSSR count). The van der Waals surface area contributed by atoms with Gasteiger partial charge in [0.25, 0.3) is 0 Å². The first-order chi connectivity index (χ1) is 13.6. The van der Waals surface area contributed by atoms with Crippen LogP contribution in [0.4, 0.5) is 14.6 Å². The van der Waals surface area contributed by atoms with E-state index in [4.69, 9.17) is 0 Å². The van der Waals surface area contributed by atoms with Gasteiger partial charge in [0.05, 0.1) is 17.4 Å². The number of carbonyl (C=O) groups is 2. The number of anilines is 1. The standard InChI is InChI=1S/C20H19F2N5O2/c1-10-6-15(26-19(24-10)20(3,21)22)14-9-27(18(29)12-4-5-12)16-8-23-17(7-13(14)16)25-11(2)28/h6-9,12H,4-5H2,1-3H3,(H,23,25,28). The third-order valence-corrected chi connectivity index (χ3v) is 4.68. The SMILES string of the molecule is CC(=O)Nc1cc2c(-c3cc(C)nc(C(C)(F)F)n3)cn(C(=O)C3CC3)c2cn1. The van der Waals surface area contributed by atoms with Crippen molar-refractivity contribution in [2.24, 2.45) is 5.92 Å². The van der Waals surface area contributed by atoms with Gasteiger partial charge >= 0.3 is 5.92 Å². The Morgan fingerprint density at radius 2 is 1.97 bits per heavy atom. The van der Waals surface area contributed by atoms with Crippen molar-refractivity contribution >= 4 is 28.5 Å². The summed E-state index contributed by atoms with van der Waals surface area (Å²) < 4.78 is 29.2. The van der Waals surface area contributed by atoms with E-state index in [2.05, 4.69) is 20.3 Å². The van der Waals surface area contributed by atoms with Crippen LogP contribution in [0, 0.1) is 12.8 Å². The number of hydrogen-bond donors (Lipinski definition) is 1. The van der Waals surface area contributed by atoms with Crippen LogP contribution in [0.3, 0.4) is 0 Å². The quantitative estimate of drug-likeness (QED) is 0.718. The van der Waals surface area contributed by atoms with E-state index in [1.165, 1.54) is 17.7 Å². The number of alkyl halides is 2. The average Bonchev–Trinajstić information content (AvgIpc) is 3.40. The summed E-state index contributed by atoms with van der Waals surface area (Å²) in [7, 11) is 0. The summed E-state index contributed by atoms with van der Waals surface area (Å²) in [5.74, 6) is -3.89. The molecule has 3 aromatic heterocycles. The predicted octanol–water partition coefficient (Wildman–Crippen LogP) is 3.92. The fraction of sp³-hybridized carbons (Fsp3) is 0.350. The zero-order valence-electron chi connectivity index (χ0n) is 16.2. The number of aryl methyl sites for hydroxylation is 1. The van der Waals surface area contributed by atoms with E-state index >= 15 is 0 Å². The van der Waals surface area contributed by atoms with Crippen molar-refractivity contribution in [2.75, 3.05) is 5.32 Å². The maximum Gasteiger partial charge on any atom is 0.303 e. The Hall–Kier alpha value is -3.23. The van der Waals surface area contributed by atoms with Crippen molar-refractivity contribution in [1.82, 2.24) is 19.5 Å². The summed E-state index contributed by atoms with van der Waals surface area (Å²) in [4.78, 5) is 36.2. The van der Waals surface area contributed by atoms with E-state index in [0.717, 1.165) is 19.8 Å². The van der Waals surface area contributed by atoms with Crippen LogP contribution in [0.2, 0.25) is 0 Å². The summed E-state index contributed by atoms with van der Waals surface area (Å²) in [6, 6.07) is 3.21. The van der Waals surface area contributed by atoms with E-state index in [1.54, 1.807) is 25.3 Å². The molecule has 0 radical (unpaired) electrons. The van der Waals surface area contributed by atoms with Crippen LogP contribution < -0.4 is 5.32 Å². The number of nitrogens with one attached hydrogen (secondary N) is 1. The lowest BCUT2D eigenvalue weighted by atomic mass is 10.1. The molecule has 1 aliphatic rings. The number of hydrogen-bond acceptors (Lipinski definition) is 5. The molecule has 1 N–H and O–H groups in total. The van der Waals surface area contributed by atoms with Gasteiger partial charge in [0.2, 0.25) is 11.8 Å². The first-order valence-corrected chi connectivity index (χ1v) is 9.21. The zero-order valence-corrected chi connectivity index (χ0v) is 16.2. The molecule has 3 aromatic rings. The van der Waals surface area contributed by atoms with Gasteiger partial charge < -0.3 is 5.32 Å². The van der Waals surface area contributed by atoms with Crippen molar-refractivity contribution in [3.8, 4) is 11.3 Å². The van der Waals surface area contributed by atoms with Crippen molar-refractivity contribution in [2.45, 2.75) is 39.5 Å². The topological polar surface area (TPSA) is 89.8 Å². The molecular formula is C20H19F2N5O2. The Balaban J connectivity index is 1.94. The second-order valence-electron chi connectivity index (χ2n) is 7.40.